The first kappa shape index (κ1) is 18.1. The Labute approximate surface area is 149 Å². The fraction of sp³-hybridized carbons (Fsp3) is 0.167. The third-order valence-corrected chi connectivity index (χ3v) is 3.60. The highest BCUT2D eigenvalue weighted by molar-refractivity contribution is 7.13. The highest BCUT2D eigenvalue weighted by Crippen LogP contribution is 2.29. The van der Waals surface area contributed by atoms with Crippen molar-refractivity contribution in [2.75, 3.05) is 18.5 Å². The molecule has 1 aromatic heterocycles. The van der Waals surface area contributed by atoms with Gasteiger partial charge in [-0.1, -0.05) is 12.0 Å². The van der Waals surface area contributed by atoms with Crippen molar-refractivity contribution in [1.29, 1.82) is 5.26 Å². The number of nitriles is 1. The Hall–Kier alpha value is -3.29. The lowest BCUT2D eigenvalue weighted by Crippen LogP contribution is -2.13. The van der Waals surface area contributed by atoms with Gasteiger partial charge in [0.25, 0.3) is 5.91 Å². The van der Waals surface area contributed by atoms with Gasteiger partial charge in [-0.15, -0.1) is 17.8 Å². The number of aromatic nitrogens is 1. The maximum absolute atomic E-state index is 12.2. The van der Waals surface area contributed by atoms with Crippen molar-refractivity contribution >= 4 is 28.5 Å². The SMILES string of the molecule is C#CCOc1ccc(/C=C(/C#N)C(=O)Nc2nccs2)cc1OCC. The molecule has 0 saturated heterocycles. The quantitative estimate of drug-likeness (QED) is 0.470. The van der Waals surface area contributed by atoms with Crippen LogP contribution in [0.25, 0.3) is 6.08 Å². The van der Waals surface area contributed by atoms with Gasteiger partial charge < -0.3 is 9.47 Å². The summed E-state index contributed by atoms with van der Waals surface area (Å²) in [6.07, 6.45) is 8.23. The van der Waals surface area contributed by atoms with Crippen LogP contribution in [0.3, 0.4) is 0 Å². The van der Waals surface area contributed by atoms with Crippen LogP contribution in [0.5, 0.6) is 11.5 Å². The summed E-state index contributed by atoms with van der Waals surface area (Å²) in [4.78, 5) is 16.1. The van der Waals surface area contributed by atoms with Crippen LogP contribution >= 0.6 is 11.3 Å². The third-order valence-electron chi connectivity index (χ3n) is 2.91. The number of terminal acetylenes is 1. The zero-order valence-electron chi connectivity index (χ0n) is 13.5. The first-order valence-corrected chi connectivity index (χ1v) is 8.21. The molecule has 1 aromatic carbocycles. The first-order valence-electron chi connectivity index (χ1n) is 7.33. The standard InChI is InChI=1S/C18H15N3O3S/c1-3-8-24-15-6-5-13(11-16(15)23-4-2)10-14(12-19)17(22)21-18-20-7-9-25-18/h1,5-7,9-11H,4,8H2,2H3,(H,20,21,22)/b14-10-. The molecule has 1 amide bonds. The third kappa shape index (κ3) is 5.10. The predicted molar refractivity (Wildman–Crippen MR) is 96.3 cm³/mol. The first-order chi connectivity index (χ1) is 12.2. The molecule has 1 N–H and O–H groups in total. The topological polar surface area (TPSA) is 84.2 Å². The van der Waals surface area contributed by atoms with Crippen molar-refractivity contribution < 1.29 is 14.3 Å². The molecule has 7 heteroatoms. The van der Waals surface area contributed by atoms with E-state index in [2.05, 4.69) is 16.2 Å². The number of carbonyl (C=O) groups is 1. The average molecular weight is 353 g/mol. The number of thiazole rings is 1. The van der Waals surface area contributed by atoms with Crippen LogP contribution in [0.15, 0.2) is 35.3 Å². The van der Waals surface area contributed by atoms with E-state index in [1.54, 1.807) is 29.8 Å². The Morgan fingerprint density at radius 2 is 2.28 bits per heavy atom. The Kier molecular flexibility index (Phi) is 6.58. The second kappa shape index (κ2) is 9.11. The molecule has 6 nitrogen and oxygen atoms in total. The largest absolute Gasteiger partial charge is 0.490 e. The fourth-order valence-electron chi connectivity index (χ4n) is 1.89. The molecule has 25 heavy (non-hydrogen) atoms. The number of anilines is 1. The molecule has 0 radical (unpaired) electrons. The lowest BCUT2D eigenvalue weighted by Gasteiger charge is -2.11. The summed E-state index contributed by atoms with van der Waals surface area (Å²) in [5.74, 6) is 2.85. The van der Waals surface area contributed by atoms with Gasteiger partial charge in [0, 0.05) is 11.6 Å². The molecule has 0 aliphatic heterocycles. The highest BCUT2D eigenvalue weighted by atomic mass is 32.1. The van der Waals surface area contributed by atoms with Gasteiger partial charge in [0.15, 0.2) is 16.6 Å². The van der Waals surface area contributed by atoms with Crippen LogP contribution in [0.2, 0.25) is 0 Å². The van der Waals surface area contributed by atoms with Gasteiger partial charge in [-0.25, -0.2) is 4.98 Å². The van der Waals surface area contributed by atoms with E-state index in [-0.39, 0.29) is 12.2 Å². The van der Waals surface area contributed by atoms with E-state index in [9.17, 15) is 10.1 Å². The molecule has 0 aliphatic rings. The lowest BCUT2D eigenvalue weighted by atomic mass is 10.1. The molecule has 0 unspecified atom stereocenters. The number of ether oxygens (including phenoxy) is 2. The molecule has 1 heterocycles. The summed E-state index contributed by atoms with van der Waals surface area (Å²) in [5.41, 5.74) is 0.581. The summed E-state index contributed by atoms with van der Waals surface area (Å²) < 4.78 is 10.9. The van der Waals surface area contributed by atoms with Gasteiger partial charge in [-0.2, -0.15) is 5.26 Å². The second-order valence-corrected chi connectivity index (χ2v) is 5.49. The number of amides is 1. The number of nitrogens with zero attached hydrogens (tertiary/aromatic N) is 2. The summed E-state index contributed by atoms with van der Waals surface area (Å²) in [7, 11) is 0. The van der Waals surface area contributed by atoms with E-state index in [0.29, 0.717) is 28.8 Å². The number of rotatable bonds is 7. The molecule has 126 valence electrons. The van der Waals surface area contributed by atoms with Crippen LogP contribution in [-0.4, -0.2) is 24.1 Å². The Balaban J connectivity index is 2.24. The van der Waals surface area contributed by atoms with E-state index in [1.165, 1.54) is 17.4 Å². The zero-order chi connectivity index (χ0) is 18.1. The maximum Gasteiger partial charge on any atom is 0.268 e. The van der Waals surface area contributed by atoms with Crippen LogP contribution in [0.4, 0.5) is 5.13 Å². The van der Waals surface area contributed by atoms with Crippen LogP contribution < -0.4 is 14.8 Å². The number of nitrogens with one attached hydrogen (secondary N) is 1. The molecular formula is C18H15N3O3S. The van der Waals surface area contributed by atoms with Gasteiger partial charge in [0.2, 0.25) is 0 Å². The van der Waals surface area contributed by atoms with Gasteiger partial charge in [0.1, 0.15) is 18.2 Å². The summed E-state index contributed by atoms with van der Waals surface area (Å²) in [6, 6.07) is 6.97. The molecule has 0 atom stereocenters. The molecule has 0 spiro atoms. The van der Waals surface area contributed by atoms with Gasteiger partial charge in [-0.3, -0.25) is 10.1 Å². The Morgan fingerprint density at radius 3 is 2.92 bits per heavy atom. The van der Waals surface area contributed by atoms with E-state index in [4.69, 9.17) is 15.9 Å². The minimum atomic E-state index is -0.525. The highest BCUT2D eigenvalue weighted by Gasteiger charge is 2.12. The van der Waals surface area contributed by atoms with Crippen molar-refractivity contribution in [1.82, 2.24) is 4.98 Å². The van der Waals surface area contributed by atoms with Crippen molar-refractivity contribution in [2.24, 2.45) is 0 Å². The van der Waals surface area contributed by atoms with E-state index in [0.717, 1.165) is 0 Å². The van der Waals surface area contributed by atoms with Crippen LogP contribution in [-0.2, 0) is 4.79 Å². The normalized spacial score (nSPS) is 10.4. The molecule has 0 bridgehead atoms. The fourth-order valence-corrected chi connectivity index (χ4v) is 2.41. The van der Waals surface area contributed by atoms with Crippen LogP contribution in [0.1, 0.15) is 12.5 Å². The lowest BCUT2D eigenvalue weighted by molar-refractivity contribution is -0.112. The number of benzene rings is 1. The monoisotopic (exact) mass is 353 g/mol. The van der Waals surface area contributed by atoms with Gasteiger partial charge in [-0.05, 0) is 30.7 Å². The average Bonchev–Trinajstić information content (AvgIpc) is 3.12. The number of hydrogen-bond donors (Lipinski definition) is 1. The number of carbonyl (C=O) groups excluding carboxylic acids is 1. The van der Waals surface area contributed by atoms with Crippen molar-refractivity contribution in [3.8, 4) is 29.9 Å². The van der Waals surface area contributed by atoms with E-state index < -0.39 is 5.91 Å². The van der Waals surface area contributed by atoms with Crippen molar-refractivity contribution in [2.45, 2.75) is 6.92 Å². The second-order valence-electron chi connectivity index (χ2n) is 4.59. The van der Waals surface area contributed by atoms with E-state index >= 15 is 0 Å². The number of hydrogen-bond acceptors (Lipinski definition) is 6. The Bertz CT molecular complexity index is 845. The van der Waals surface area contributed by atoms with E-state index in [1.807, 2.05) is 13.0 Å². The molecule has 2 rings (SSSR count). The minimum Gasteiger partial charge on any atom is -0.490 e. The van der Waals surface area contributed by atoms with Gasteiger partial charge >= 0.3 is 0 Å². The smallest absolute Gasteiger partial charge is 0.268 e. The van der Waals surface area contributed by atoms with Crippen LogP contribution in [0, 0.1) is 23.7 Å². The summed E-state index contributed by atoms with van der Waals surface area (Å²) in [6.45, 7) is 2.40. The summed E-state index contributed by atoms with van der Waals surface area (Å²) >= 11 is 1.27. The maximum atomic E-state index is 12.2. The molecule has 0 saturated carbocycles. The molecule has 0 fully saturated rings. The van der Waals surface area contributed by atoms with Crippen molar-refractivity contribution in [3.63, 3.8) is 0 Å². The zero-order valence-corrected chi connectivity index (χ0v) is 14.3. The Morgan fingerprint density at radius 1 is 1.44 bits per heavy atom. The minimum absolute atomic E-state index is 0.0464. The molecule has 0 aliphatic carbocycles. The summed E-state index contributed by atoms with van der Waals surface area (Å²) in [5, 5.41) is 14.0. The van der Waals surface area contributed by atoms with Crippen molar-refractivity contribution in [3.05, 3.63) is 40.9 Å². The molecule has 2 aromatic rings. The molecular weight excluding hydrogens is 338 g/mol. The van der Waals surface area contributed by atoms with Gasteiger partial charge in [0.05, 0.1) is 6.61 Å². The predicted octanol–water partition coefficient (Wildman–Crippen LogP) is 3.10.